The van der Waals surface area contributed by atoms with E-state index in [9.17, 15) is 9.90 Å². The van der Waals surface area contributed by atoms with Crippen LogP contribution in [0.5, 0.6) is 0 Å². The number of allylic oxidation sites excluding steroid dienone is 1. The monoisotopic (exact) mass is 627 g/mol. The van der Waals surface area contributed by atoms with Gasteiger partial charge in [0.05, 0.1) is 6.54 Å². The number of hydrogen-bond donors (Lipinski definition) is 1. The van der Waals surface area contributed by atoms with E-state index in [4.69, 9.17) is 4.74 Å². The van der Waals surface area contributed by atoms with Crippen LogP contribution in [-0.4, -0.2) is 47.8 Å². The zero-order chi connectivity index (χ0) is 31.0. The number of esters is 1. The minimum Gasteiger partial charge on any atom is -0.462 e. The number of ether oxygens (including phenoxy) is 1. The minimum atomic E-state index is -0.537. The number of carbonyl (C=O) groups excluding carboxylic acids is 1. The number of rotatable bonds is 4. The van der Waals surface area contributed by atoms with Gasteiger partial charge in [0.25, 0.3) is 0 Å². The minimum absolute atomic E-state index is 0. The molecule has 1 heterocycles. The number of aliphatic hydroxyl groups excluding tert-OH is 1. The van der Waals surface area contributed by atoms with Crippen molar-refractivity contribution in [2.24, 2.45) is 56.7 Å². The third-order valence-corrected chi connectivity index (χ3v) is 15.7. The Morgan fingerprint density at radius 2 is 1.61 bits per heavy atom. The topological polar surface area (TPSA) is 49.8 Å². The summed E-state index contributed by atoms with van der Waals surface area (Å²) in [4.78, 5) is 14.5. The predicted octanol–water partition coefficient (Wildman–Crippen LogP) is 8.46. The van der Waals surface area contributed by atoms with Gasteiger partial charge in [-0.2, -0.15) is 0 Å². The third-order valence-electron chi connectivity index (χ3n) is 15.7. The zero-order valence-corrected chi connectivity index (χ0v) is 29.8. The number of likely N-dealkylation sites (tertiary alicyclic amines) is 1. The summed E-state index contributed by atoms with van der Waals surface area (Å²) in [5.41, 5.74) is 2.00. The molecule has 0 aromatic heterocycles. The molecule has 11 atom stereocenters. The second-order valence-corrected chi connectivity index (χ2v) is 17.6. The first-order chi connectivity index (χ1) is 20.2. The van der Waals surface area contributed by atoms with Crippen LogP contribution in [0.1, 0.15) is 126 Å². The van der Waals surface area contributed by atoms with Crippen LogP contribution in [0.2, 0.25) is 0 Å². The van der Waals surface area contributed by atoms with Crippen molar-refractivity contribution in [2.75, 3.05) is 19.6 Å². The van der Waals surface area contributed by atoms with E-state index in [0.717, 1.165) is 51.7 Å². The largest absolute Gasteiger partial charge is 0.462 e. The highest BCUT2D eigenvalue weighted by atomic mass is 35.5. The molecule has 6 aliphatic rings. The van der Waals surface area contributed by atoms with Gasteiger partial charge in [-0.15, -0.1) is 12.4 Å². The van der Waals surface area contributed by atoms with Crippen molar-refractivity contribution in [1.29, 1.82) is 0 Å². The van der Waals surface area contributed by atoms with Crippen LogP contribution in [0.3, 0.4) is 0 Å². The lowest BCUT2D eigenvalue weighted by molar-refractivity contribution is -0.253. The summed E-state index contributed by atoms with van der Waals surface area (Å²) < 4.78 is 5.95. The van der Waals surface area contributed by atoms with Crippen LogP contribution in [0.4, 0.5) is 0 Å². The van der Waals surface area contributed by atoms with Gasteiger partial charge in [-0.1, -0.05) is 58.6 Å². The zero-order valence-electron chi connectivity index (χ0n) is 29.0. The molecule has 1 aliphatic heterocycles. The van der Waals surface area contributed by atoms with E-state index in [1.165, 1.54) is 50.5 Å². The van der Waals surface area contributed by atoms with Crippen molar-refractivity contribution < 1.29 is 14.6 Å². The highest BCUT2D eigenvalue weighted by Crippen LogP contribution is 2.78. The normalized spacial score (nSPS) is 46.5. The molecule has 248 valence electrons. The molecule has 5 aliphatic carbocycles. The lowest BCUT2D eigenvalue weighted by Gasteiger charge is -2.73. The number of aliphatic hydroxyl groups is 1. The van der Waals surface area contributed by atoms with Crippen molar-refractivity contribution in [3.05, 3.63) is 12.2 Å². The number of fused-ring (bicyclic) bond motifs is 7. The Morgan fingerprint density at radius 3 is 2.27 bits per heavy atom. The van der Waals surface area contributed by atoms with E-state index in [2.05, 4.69) is 64.9 Å². The van der Waals surface area contributed by atoms with Crippen molar-refractivity contribution in [1.82, 2.24) is 4.90 Å². The van der Waals surface area contributed by atoms with Crippen LogP contribution in [-0.2, 0) is 9.53 Å². The summed E-state index contributed by atoms with van der Waals surface area (Å²) in [5, 5.41) is 12.0. The van der Waals surface area contributed by atoms with E-state index in [1.54, 1.807) is 6.92 Å². The van der Waals surface area contributed by atoms with E-state index >= 15 is 0 Å². The maximum absolute atomic E-state index is 12.0. The van der Waals surface area contributed by atoms with Crippen LogP contribution in [0, 0.1) is 68.5 Å². The molecule has 0 unspecified atom stereocenters. The van der Waals surface area contributed by atoms with Gasteiger partial charge in [0.1, 0.15) is 12.2 Å². The third kappa shape index (κ3) is 4.95. The van der Waals surface area contributed by atoms with Crippen LogP contribution >= 0.6 is 12.4 Å². The summed E-state index contributed by atoms with van der Waals surface area (Å²) in [6.07, 6.45) is 13.8. The molecule has 0 bridgehead atoms. The van der Waals surface area contributed by atoms with E-state index in [1.807, 2.05) is 0 Å². The molecule has 0 aromatic carbocycles. The number of carbonyl (C=O) groups is 1. The maximum Gasteiger partial charge on any atom is 0.302 e. The smallest absolute Gasteiger partial charge is 0.302 e. The van der Waals surface area contributed by atoms with Gasteiger partial charge in [-0.3, -0.25) is 9.69 Å². The molecule has 4 nitrogen and oxygen atoms in total. The Bertz CT molecular complexity index is 1180. The Labute approximate surface area is 275 Å². The first-order valence-electron chi connectivity index (χ1n) is 17.9. The van der Waals surface area contributed by atoms with E-state index < -0.39 is 6.10 Å². The van der Waals surface area contributed by atoms with Crippen molar-refractivity contribution in [2.45, 2.75) is 138 Å². The second-order valence-electron chi connectivity index (χ2n) is 17.6. The Balaban J connectivity index is 0.00000384. The molecule has 5 saturated carbocycles. The van der Waals surface area contributed by atoms with Gasteiger partial charge < -0.3 is 9.84 Å². The van der Waals surface area contributed by atoms with Crippen molar-refractivity contribution in [3.63, 3.8) is 0 Å². The summed E-state index contributed by atoms with van der Waals surface area (Å²) >= 11 is 0. The molecule has 0 amide bonds. The quantitative estimate of drug-likeness (QED) is 0.193. The second kappa shape index (κ2) is 11.9. The lowest BCUT2D eigenvalue weighted by Crippen LogP contribution is -2.67. The van der Waals surface area contributed by atoms with E-state index in [0.29, 0.717) is 29.6 Å². The Hall–Kier alpha value is -1.02. The molecule has 6 rings (SSSR count). The van der Waals surface area contributed by atoms with Gasteiger partial charge >= 0.3 is 5.97 Å². The van der Waals surface area contributed by atoms with Crippen LogP contribution in [0.15, 0.2) is 12.2 Å². The number of halogens is 1. The van der Waals surface area contributed by atoms with Crippen LogP contribution < -0.4 is 0 Å². The first kappa shape index (κ1) is 34.3. The molecule has 0 radical (unpaired) electrons. The van der Waals surface area contributed by atoms with Gasteiger partial charge in [0, 0.05) is 17.8 Å². The Kier molecular flexibility index (Phi) is 9.28. The number of nitrogens with zero attached hydrogens (tertiary/aromatic N) is 1. The summed E-state index contributed by atoms with van der Waals surface area (Å²) in [5.74, 6) is 9.57. The van der Waals surface area contributed by atoms with Crippen LogP contribution in [0.25, 0.3) is 0 Å². The molecule has 1 N–H and O–H groups in total. The average Bonchev–Trinajstić information content (AvgIpc) is 3.59. The summed E-state index contributed by atoms with van der Waals surface area (Å²) in [7, 11) is 0. The standard InChI is InChI=1S/C39H61NO3.ClH/c1-26(2)28-15-20-39(32(42)12-11-25-40-23-9-10-24-40)22-21-37(7)29(34(28)39)13-14-31-36(6)18-17-33(43-27(3)41)35(4,5)30(36)16-19-38(31,37)8;/h28-34,42H,1,9-10,13-25H2,2-8H3;1H/t28-,29+,30-,31+,32+,33-,34+,36-,37+,38+,39+;/m0./s1. The molecule has 6 fully saturated rings. The molecular weight excluding hydrogens is 566 g/mol. The fourth-order valence-electron chi connectivity index (χ4n) is 13.4. The predicted molar refractivity (Wildman–Crippen MR) is 181 cm³/mol. The highest BCUT2D eigenvalue weighted by Gasteiger charge is 2.71. The summed E-state index contributed by atoms with van der Waals surface area (Å²) in [6.45, 7) is 24.2. The molecule has 5 heteroatoms. The molecule has 44 heavy (non-hydrogen) atoms. The molecule has 1 saturated heterocycles. The maximum atomic E-state index is 12.0. The van der Waals surface area contributed by atoms with Gasteiger partial charge in [-0.05, 0) is 143 Å². The number of hydrogen-bond acceptors (Lipinski definition) is 4. The molecular formula is C39H62ClNO3. The van der Waals surface area contributed by atoms with Gasteiger partial charge in [0.2, 0.25) is 0 Å². The SMILES string of the molecule is C=C(C)[C@@H]1CC[C@]2([C@H](O)C#CCN3CCCC3)CC[C@]3(C)[C@H](CC[C@@H]4[C@@]5(C)CC[C@H](OC(C)=O)C(C)(C)[C@@H]5CC[C@]43C)[C@@H]12.Cl. The lowest BCUT2D eigenvalue weighted by atomic mass is 9.32. The fourth-order valence-corrected chi connectivity index (χ4v) is 13.4. The average molecular weight is 628 g/mol. The van der Waals surface area contributed by atoms with E-state index in [-0.39, 0.29) is 51.6 Å². The first-order valence-corrected chi connectivity index (χ1v) is 17.9. The van der Waals surface area contributed by atoms with Gasteiger partial charge in [0.15, 0.2) is 0 Å². The highest BCUT2D eigenvalue weighted by molar-refractivity contribution is 5.85. The molecule has 0 aromatic rings. The Morgan fingerprint density at radius 1 is 0.909 bits per heavy atom. The van der Waals surface area contributed by atoms with Crippen molar-refractivity contribution >= 4 is 18.4 Å². The fraction of sp³-hybridized carbons (Fsp3) is 0.872. The molecule has 0 spiro atoms. The summed E-state index contributed by atoms with van der Waals surface area (Å²) in [6, 6.07) is 0. The van der Waals surface area contributed by atoms with Crippen molar-refractivity contribution in [3.8, 4) is 11.8 Å². The van der Waals surface area contributed by atoms with Gasteiger partial charge in [-0.25, -0.2) is 0 Å².